The highest BCUT2D eigenvalue weighted by atomic mass is 16.2. The Morgan fingerprint density at radius 1 is 1.38 bits per heavy atom. The van der Waals surface area contributed by atoms with Crippen LogP contribution in [-0.4, -0.2) is 38.7 Å². The van der Waals surface area contributed by atoms with Gasteiger partial charge in [0, 0.05) is 25.3 Å². The number of hydrogen-bond acceptors (Lipinski definition) is 4. The van der Waals surface area contributed by atoms with Gasteiger partial charge in [-0.2, -0.15) is 0 Å². The molecule has 6 nitrogen and oxygen atoms in total. The molecule has 6 heteroatoms. The molecular weight excluding hydrogens is 266 g/mol. The maximum absolute atomic E-state index is 12.8. The fraction of sp³-hybridized carbons (Fsp3) is 0.400. The van der Waals surface area contributed by atoms with E-state index in [2.05, 4.69) is 15.5 Å². The van der Waals surface area contributed by atoms with Gasteiger partial charge in [-0.05, 0) is 31.5 Å². The molecule has 2 aromatic rings. The number of carbonyl (C=O) groups is 1. The van der Waals surface area contributed by atoms with Gasteiger partial charge in [0.1, 0.15) is 6.33 Å². The van der Waals surface area contributed by atoms with E-state index in [1.165, 1.54) is 0 Å². The van der Waals surface area contributed by atoms with Gasteiger partial charge in [-0.1, -0.05) is 6.07 Å². The van der Waals surface area contributed by atoms with E-state index in [0.717, 1.165) is 35.7 Å². The van der Waals surface area contributed by atoms with Gasteiger partial charge in [-0.15, -0.1) is 10.2 Å². The lowest BCUT2D eigenvalue weighted by molar-refractivity contribution is 0.0708. The van der Waals surface area contributed by atoms with E-state index in [-0.39, 0.29) is 5.91 Å². The van der Waals surface area contributed by atoms with Crippen molar-refractivity contribution < 1.29 is 4.79 Å². The summed E-state index contributed by atoms with van der Waals surface area (Å²) >= 11 is 0. The van der Waals surface area contributed by atoms with Gasteiger partial charge in [0.2, 0.25) is 0 Å². The van der Waals surface area contributed by atoms with Crippen molar-refractivity contribution in [2.45, 2.75) is 26.9 Å². The molecule has 1 aliphatic rings. The van der Waals surface area contributed by atoms with Crippen molar-refractivity contribution in [3.05, 3.63) is 41.5 Å². The maximum Gasteiger partial charge on any atom is 0.256 e. The monoisotopic (exact) mass is 285 g/mol. The zero-order chi connectivity index (χ0) is 14.8. The average Bonchev–Trinajstić information content (AvgIpc) is 2.94. The molecule has 0 saturated heterocycles. The van der Waals surface area contributed by atoms with Crippen LogP contribution in [0.4, 0.5) is 5.69 Å². The first kappa shape index (κ1) is 13.6. The zero-order valence-electron chi connectivity index (χ0n) is 12.3. The molecule has 1 aromatic carbocycles. The summed E-state index contributed by atoms with van der Waals surface area (Å²) in [5.41, 5.74) is 2.76. The molecule has 0 unspecified atom stereocenters. The summed E-state index contributed by atoms with van der Waals surface area (Å²) in [6.07, 6.45) is 1.72. The number of fused-ring (bicyclic) bond motifs is 1. The van der Waals surface area contributed by atoms with Gasteiger partial charge in [0.25, 0.3) is 5.91 Å². The van der Waals surface area contributed by atoms with Crippen LogP contribution in [0, 0.1) is 6.92 Å². The first-order valence-corrected chi connectivity index (χ1v) is 7.19. The molecule has 0 aliphatic carbocycles. The third kappa shape index (κ3) is 2.61. The Balaban J connectivity index is 1.86. The molecule has 0 fully saturated rings. The Morgan fingerprint density at radius 2 is 2.24 bits per heavy atom. The van der Waals surface area contributed by atoms with Crippen molar-refractivity contribution in [3.63, 3.8) is 0 Å². The highest BCUT2D eigenvalue weighted by molar-refractivity contribution is 5.99. The van der Waals surface area contributed by atoms with Crippen LogP contribution in [-0.2, 0) is 13.1 Å². The summed E-state index contributed by atoms with van der Waals surface area (Å²) in [6.45, 7) is 6.79. The number of amides is 1. The summed E-state index contributed by atoms with van der Waals surface area (Å²) in [6, 6.07) is 5.89. The average molecular weight is 285 g/mol. The second-order valence-electron chi connectivity index (χ2n) is 5.25. The molecule has 21 heavy (non-hydrogen) atoms. The number of aryl methyl sites for hydroxylation is 1. The maximum atomic E-state index is 12.8. The highest BCUT2D eigenvalue weighted by Crippen LogP contribution is 2.21. The SMILES string of the molecule is CCNc1cc(C)ccc1C(=O)N1CCn2cnnc2C1. The van der Waals surface area contributed by atoms with E-state index in [0.29, 0.717) is 13.1 Å². The molecule has 0 atom stereocenters. The minimum atomic E-state index is 0.0419. The smallest absolute Gasteiger partial charge is 0.256 e. The molecule has 0 radical (unpaired) electrons. The highest BCUT2D eigenvalue weighted by Gasteiger charge is 2.24. The van der Waals surface area contributed by atoms with Gasteiger partial charge in [0.05, 0.1) is 12.1 Å². The van der Waals surface area contributed by atoms with Crippen LogP contribution in [0.1, 0.15) is 28.7 Å². The molecular formula is C15H19N5O. The molecule has 1 aliphatic heterocycles. The topological polar surface area (TPSA) is 63.1 Å². The van der Waals surface area contributed by atoms with Gasteiger partial charge >= 0.3 is 0 Å². The summed E-state index contributed by atoms with van der Waals surface area (Å²) < 4.78 is 1.99. The third-order valence-electron chi connectivity index (χ3n) is 3.70. The number of hydrogen-bond donors (Lipinski definition) is 1. The van der Waals surface area contributed by atoms with Crippen molar-refractivity contribution in [2.24, 2.45) is 0 Å². The normalized spacial score (nSPS) is 13.9. The van der Waals surface area contributed by atoms with Crippen LogP contribution in [0.15, 0.2) is 24.5 Å². The molecule has 1 aromatic heterocycles. The number of benzene rings is 1. The van der Waals surface area contributed by atoms with E-state index in [9.17, 15) is 4.79 Å². The lowest BCUT2D eigenvalue weighted by atomic mass is 10.1. The van der Waals surface area contributed by atoms with E-state index < -0.39 is 0 Å². The van der Waals surface area contributed by atoms with Crippen LogP contribution < -0.4 is 5.32 Å². The van der Waals surface area contributed by atoms with Crippen molar-refractivity contribution >= 4 is 11.6 Å². The van der Waals surface area contributed by atoms with Crippen molar-refractivity contribution in [3.8, 4) is 0 Å². The lowest BCUT2D eigenvalue weighted by Gasteiger charge is -2.28. The van der Waals surface area contributed by atoms with Crippen molar-refractivity contribution in [1.29, 1.82) is 0 Å². The molecule has 3 rings (SSSR count). The summed E-state index contributed by atoms with van der Waals surface area (Å²) in [4.78, 5) is 14.6. The molecule has 1 amide bonds. The summed E-state index contributed by atoms with van der Waals surface area (Å²) in [7, 11) is 0. The first-order valence-electron chi connectivity index (χ1n) is 7.19. The number of anilines is 1. The second-order valence-corrected chi connectivity index (χ2v) is 5.25. The van der Waals surface area contributed by atoms with Crippen LogP contribution in [0.3, 0.4) is 0 Å². The predicted molar refractivity (Wildman–Crippen MR) is 80.1 cm³/mol. The fourth-order valence-electron chi connectivity index (χ4n) is 2.59. The van der Waals surface area contributed by atoms with Crippen LogP contribution >= 0.6 is 0 Å². The molecule has 1 N–H and O–H groups in total. The number of carbonyl (C=O) groups excluding carboxylic acids is 1. The molecule has 110 valence electrons. The quantitative estimate of drug-likeness (QED) is 0.932. The van der Waals surface area contributed by atoms with Crippen LogP contribution in [0.5, 0.6) is 0 Å². The van der Waals surface area contributed by atoms with Gasteiger partial charge in [-0.25, -0.2) is 0 Å². The largest absolute Gasteiger partial charge is 0.385 e. The first-order chi connectivity index (χ1) is 10.2. The Labute approximate surface area is 123 Å². The molecule has 0 bridgehead atoms. The van der Waals surface area contributed by atoms with E-state index in [1.807, 2.05) is 41.5 Å². The summed E-state index contributed by atoms with van der Waals surface area (Å²) in [5.74, 6) is 0.881. The fourth-order valence-corrected chi connectivity index (χ4v) is 2.59. The van der Waals surface area contributed by atoms with Crippen molar-refractivity contribution in [2.75, 3.05) is 18.4 Å². The number of rotatable bonds is 3. The third-order valence-corrected chi connectivity index (χ3v) is 3.70. The molecule has 0 saturated carbocycles. The van der Waals surface area contributed by atoms with Crippen molar-refractivity contribution in [1.82, 2.24) is 19.7 Å². The number of nitrogens with zero attached hydrogens (tertiary/aromatic N) is 4. The minimum absolute atomic E-state index is 0.0419. The van der Waals surface area contributed by atoms with E-state index in [1.54, 1.807) is 6.33 Å². The molecule has 0 spiro atoms. The van der Waals surface area contributed by atoms with E-state index >= 15 is 0 Å². The standard InChI is InChI=1S/C15H19N5O/c1-3-16-13-8-11(2)4-5-12(13)15(21)19-6-7-20-10-17-18-14(20)9-19/h4-5,8,10,16H,3,6-7,9H2,1-2H3. The Hall–Kier alpha value is -2.37. The summed E-state index contributed by atoms with van der Waals surface area (Å²) in [5, 5.41) is 11.2. The minimum Gasteiger partial charge on any atom is -0.385 e. The van der Waals surface area contributed by atoms with E-state index in [4.69, 9.17) is 0 Å². The van der Waals surface area contributed by atoms with Crippen LogP contribution in [0.25, 0.3) is 0 Å². The zero-order valence-corrected chi connectivity index (χ0v) is 12.3. The lowest BCUT2D eigenvalue weighted by Crippen LogP contribution is -2.38. The van der Waals surface area contributed by atoms with Gasteiger partial charge in [-0.3, -0.25) is 4.79 Å². The molecule has 2 heterocycles. The number of aromatic nitrogens is 3. The van der Waals surface area contributed by atoms with Crippen LogP contribution in [0.2, 0.25) is 0 Å². The second kappa shape index (κ2) is 5.55. The Kier molecular flexibility index (Phi) is 3.60. The Bertz CT molecular complexity index is 664. The number of nitrogens with one attached hydrogen (secondary N) is 1. The predicted octanol–water partition coefficient (Wildman–Crippen LogP) is 1.67. The van der Waals surface area contributed by atoms with Gasteiger partial charge in [0.15, 0.2) is 5.82 Å². The Morgan fingerprint density at radius 3 is 3.05 bits per heavy atom. The van der Waals surface area contributed by atoms with Gasteiger partial charge < -0.3 is 14.8 Å².